The number of hydrogen-bond acceptors (Lipinski definition) is 3. The van der Waals surface area contributed by atoms with E-state index in [1.54, 1.807) is 12.5 Å². The minimum atomic E-state index is -0.539. The van der Waals surface area contributed by atoms with Crippen LogP contribution in [0.25, 0.3) is 10.9 Å². The molecule has 2 aromatic heterocycles. The molecule has 0 fully saturated rings. The van der Waals surface area contributed by atoms with Crippen LogP contribution < -0.4 is 11.1 Å². The van der Waals surface area contributed by atoms with Crippen molar-refractivity contribution in [3.8, 4) is 0 Å². The Labute approximate surface area is 134 Å². The lowest BCUT2D eigenvalue weighted by Crippen LogP contribution is -2.42. The lowest BCUT2D eigenvalue weighted by Gasteiger charge is -2.12. The van der Waals surface area contributed by atoms with Crippen LogP contribution >= 0.6 is 0 Å². The van der Waals surface area contributed by atoms with Crippen LogP contribution in [0.2, 0.25) is 0 Å². The van der Waals surface area contributed by atoms with Crippen LogP contribution in [0, 0.1) is 0 Å². The molecule has 0 saturated carbocycles. The van der Waals surface area contributed by atoms with Crippen molar-refractivity contribution in [2.75, 3.05) is 6.54 Å². The van der Waals surface area contributed by atoms with Crippen molar-refractivity contribution < 1.29 is 4.79 Å². The molecule has 2 heterocycles. The molecule has 0 saturated heterocycles. The fourth-order valence-corrected chi connectivity index (χ4v) is 2.65. The van der Waals surface area contributed by atoms with Gasteiger partial charge in [-0.15, -0.1) is 0 Å². The highest BCUT2D eigenvalue weighted by Crippen LogP contribution is 2.18. The van der Waals surface area contributed by atoms with Gasteiger partial charge < -0.3 is 20.6 Å². The van der Waals surface area contributed by atoms with Gasteiger partial charge in [0.2, 0.25) is 5.91 Å². The molecule has 0 spiro atoms. The van der Waals surface area contributed by atoms with Gasteiger partial charge in [-0.3, -0.25) is 4.79 Å². The number of amides is 1. The van der Waals surface area contributed by atoms with Crippen molar-refractivity contribution in [2.24, 2.45) is 5.73 Å². The molecule has 23 heavy (non-hydrogen) atoms. The van der Waals surface area contributed by atoms with Crippen LogP contribution in [0.5, 0.6) is 0 Å². The molecule has 0 radical (unpaired) electrons. The molecule has 6 nitrogen and oxygen atoms in total. The van der Waals surface area contributed by atoms with Crippen LogP contribution in [0.4, 0.5) is 0 Å². The van der Waals surface area contributed by atoms with Crippen LogP contribution in [0.3, 0.4) is 0 Å². The van der Waals surface area contributed by atoms with Gasteiger partial charge in [-0.2, -0.15) is 0 Å². The number of rotatable bonds is 7. The van der Waals surface area contributed by atoms with Crippen LogP contribution in [-0.4, -0.2) is 33.0 Å². The molecule has 0 bridgehead atoms. The minimum absolute atomic E-state index is 0.110. The Morgan fingerprint density at radius 1 is 1.39 bits per heavy atom. The molecular formula is C17H21N5O. The first-order chi connectivity index (χ1) is 11.2. The zero-order valence-electron chi connectivity index (χ0n) is 12.9. The standard InChI is InChI=1S/C17H21N5O/c18-15(10-13-11-21-16-5-2-1-4-14(13)16)17(23)20-6-3-8-22-9-7-19-12-22/h1-2,4-5,7,9,11-12,15,21H,3,6,8,10,18H2,(H,20,23)/t15-/m0/s1. The van der Waals surface area contributed by atoms with E-state index in [2.05, 4.69) is 15.3 Å². The largest absolute Gasteiger partial charge is 0.361 e. The van der Waals surface area contributed by atoms with Crippen LogP contribution in [-0.2, 0) is 17.8 Å². The number of aryl methyl sites for hydroxylation is 1. The number of nitrogens with zero attached hydrogens (tertiary/aromatic N) is 2. The molecule has 4 N–H and O–H groups in total. The van der Waals surface area contributed by atoms with Gasteiger partial charge in [-0.25, -0.2) is 4.98 Å². The molecule has 1 amide bonds. The highest BCUT2D eigenvalue weighted by molar-refractivity contribution is 5.86. The number of carbonyl (C=O) groups is 1. The SMILES string of the molecule is N[C@@H](Cc1c[nH]c2ccccc12)C(=O)NCCCn1ccnc1. The summed E-state index contributed by atoms with van der Waals surface area (Å²) >= 11 is 0. The second kappa shape index (κ2) is 7.11. The summed E-state index contributed by atoms with van der Waals surface area (Å²) in [6.45, 7) is 1.44. The molecule has 0 aliphatic rings. The van der Waals surface area contributed by atoms with Gasteiger partial charge in [-0.05, 0) is 24.5 Å². The number of benzene rings is 1. The van der Waals surface area contributed by atoms with Crippen LogP contribution in [0.15, 0.2) is 49.2 Å². The van der Waals surface area contributed by atoms with Crippen molar-refractivity contribution in [2.45, 2.75) is 25.4 Å². The Bertz CT molecular complexity index is 762. The average Bonchev–Trinajstić information content (AvgIpc) is 3.21. The van der Waals surface area contributed by atoms with E-state index >= 15 is 0 Å². The summed E-state index contributed by atoms with van der Waals surface area (Å²) in [5.41, 5.74) is 8.17. The maximum atomic E-state index is 12.1. The van der Waals surface area contributed by atoms with Gasteiger partial charge in [-0.1, -0.05) is 18.2 Å². The number of nitrogens with two attached hydrogens (primary N) is 1. The summed E-state index contributed by atoms with van der Waals surface area (Å²) in [6.07, 6.45) is 8.72. The number of para-hydroxylation sites is 1. The molecule has 0 aliphatic carbocycles. The Balaban J connectivity index is 1.47. The van der Waals surface area contributed by atoms with Gasteiger partial charge in [0.25, 0.3) is 0 Å². The number of aromatic nitrogens is 3. The predicted molar refractivity (Wildman–Crippen MR) is 89.8 cm³/mol. The quantitative estimate of drug-likeness (QED) is 0.577. The molecule has 3 aromatic rings. The summed E-state index contributed by atoms with van der Waals surface area (Å²) in [6, 6.07) is 7.48. The number of fused-ring (bicyclic) bond motifs is 1. The monoisotopic (exact) mass is 311 g/mol. The Morgan fingerprint density at radius 3 is 3.09 bits per heavy atom. The van der Waals surface area contributed by atoms with Crippen molar-refractivity contribution >= 4 is 16.8 Å². The maximum Gasteiger partial charge on any atom is 0.237 e. The number of H-pyrrole nitrogens is 1. The molecule has 6 heteroatoms. The third-order valence-corrected chi connectivity index (χ3v) is 3.90. The molecule has 1 atom stereocenters. The normalized spacial score (nSPS) is 12.4. The lowest BCUT2D eigenvalue weighted by atomic mass is 10.1. The first-order valence-electron chi connectivity index (χ1n) is 7.78. The van der Waals surface area contributed by atoms with E-state index in [1.807, 2.05) is 41.2 Å². The molecule has 120 valence electrons. The van der Waals surface area contributed by atoms with Crippen molar-refractivity contribution in [1.82, 2.24) is 19.9 Å². The van der Waals surface area contributed by atoms with Crippen molar-refractivity contribution in [3.63, 3.8) is 0 Å². The maximum absolute atomic E-state index is 12.1. The summed E-state index contributed by atoms with van der Waals surface area (Å²) in [5, 5.41) is 4.02. The van der Waals surface area contributed by atoms with E-state index in [0.717, 1.165) is 29.4 Å². The molecular weight excluding hydrogens is 290 g/mol. The molecule has 3 rings (SSSR count). The number of hydrogen-bond donors (Lipinski definition) is 3. The van der Waals surface area contributed by atoms with E-state index in [4.69, 9.17) is 5.73 Å². The highest BCUT2D eigenvalue weighted by atomic mass is 16.2. The predicted octanol–water partition coefficient (Wildman–Crippen LogP) is 1.44. The zero-order chi connectivity index (χ0) is 16.1. The average molecular weight is 311 g/mol. The van der Waals surface area contributed by atoms with E-state index in [9.17, 15) is 4.79 Å². The van der Waals surface area contributed by atoms with Gasteiger partial charge in [0.1, 0.15) is 0 Å². The summed E-state index contributed by atoms with van der Waals surface area (Å²) < 4.78 is 1.98. The Morgan fingerprint density at radius 2 is 2.26 bits per heavy atom. The summed E-state index contributed by atoms with van der Waals surface area (Å²) in [7, 11) is 0. The van der Waals surface area contributed by atoms with E-state index in [1.165, 1.54) is 0 Å². The highest BCUT2D eigenvalue weighted by Gasteiger charge is 2.15. The third kappa shape index (κ3) is 3.78. The molecule has 0 unspecified atom stereocenters. The first kappa shape index (κ1) is 15.3. The smallest absolute Gasteiger partial charge is 0.237 e. The fourth-order valence-electron chi connectivity index (χ4n) is 2.65. The topological polar surface area (TPSA) is 88.7 Å². The Kier molecular flexibility index (Phi) is 4.73. The summed E-state index contributed by atoms with van der Waals surface area (Å²) in [4.78, 5) is 19.3. The van der Waals surface area contributed by atoms with E-state index in [0.29, 0.717) is 13.0 Å². The second-order valence-corrected chi connectivity index (χ2v) is 5.62. The van der Waals surface area contributed by atoms with Gasteiger partial charge in [0, 0.05) is 42.6 Å². The van der Waals surface area contributed by atoms with Crippen molar-refractivity contribution in [3.05, 3.63) is 54.7 Å². The van der Waals surface area contributed by atoms with Gasteiger partial charge >= 0.3 is 0 Å². The van der Waals surface area contributed by atoms with Gasteiger partial charge in [0.05, 0.1) is 12.4 Å². The first-order valence-corrected chi connectivity index (χ1v) is 7.78. The summed E-state index contributed by atoms with van der Waals surface area (Å²) in [5.74, 6) is -0.110. The molecule has 0 aliphatic heterocycles. The lowest BCUT2D eigenvalue weighted by molar-refractivity contribution is -0.122. The Hall–Kier alpha value is -2.60. The zero-order valence-corrected chi connectivity index (χ0v) is 12.9. The number of aromatic amines is 1. The van der Waals surface area contributed by atoms with Crippen LogP contribution in [0.1, 0.15) is 12.0 Å². The number of nitrogens with one attached hydrogen (secondary N) is 2. The van der Waals surface area contributed by atoms with E-state index in [-0.39, 0.29) is 5.91 Å². The second-order valence-electron chi connectivity index (χ2n) is 5.62. The van der Waals surface area contributed by atoms with Crippen molar-refractivity contribution in [1.29, 1.82) is 0 Å². The number of carbonyl (C=O) groups excluding carboxylic acids is 1. The fraction of sp³-hybridized carbons (Fsp3) is 0.294. The van der Waals surface area contributed by atoms with Gasteiger partial charge in [0.15, 0.2) is 0 Å². The minimum Gasteiger partial charge on any atom is -0.361 e. The van der Waals surface area contributed by atoms with E-state index < -0.39 is 6.04 Å². The third-order valence-electron chi connectivity index (χ3n) is 3.90. The number of imidazole rings is 1. The molecule has 1 aromatic carbocycles.